The van der Waals surface area contributed by atoms with Crippen molar-refractivity contribution in [2.24, 2.45) is 0 Å². The van der Waals surface area contributed by atoms with Crippen molar-refractivity contribution >= 4 is 29.3 Å². The SMILES string of the molecule is Cc1coc2ccc(C(=O)N[C@@H]3CC4CCC3N4)cc12.Cl. The first-order valence-electron chi connectivity index (χ1n) is 7.25. The first-order valence-corrected chi connectivity index (χ1v) is 7.25. The van der Waals surface area contributed by atoms with Crippen molar-refractivity contribution in [3.8, 4) is 0 Å². The number of aryl methyl sites for hydroxylation is 1. The average molecular weight is 307 g/mol. The van der Waals surface area contributed by atoms with E-state index in [1.807, 2.05) is 25.1 Å². The van der Waals surface area contributed by atoms with E-state index in [9.17, 15) is 4.79 Å². The van der Waals surface area contributed by atoms with Gasteiger partial charge < -0.3 is 15.1 Å². The number of carbonyl (C=O) groups excluding carboxylic acids is 1. The lowest BCUT2D eigenvalue weighted by Crippen LogP contribution is -2.42. The molecule has 2 unspecified atom stereocenters. The lowest BCUT2D eigenvalue weighted by molar-refractivity contribution is 0.0931. The first-order chi connectivity index (χ1) is 9.70. The minimum Gasteiger partial charge on any atom is -0.464 e. The molecular weight excluding hydrogens is 288 g/mol. The quantitative estimate of drug-likeness (QED) is 0.897. The summed E-state index contributed by atoms with van der Waals surface area (Å²) in [7, 11) is 0. The molecule has 2 bridgehead atoms. The highest BCUT2D eigenvalue weighted by Crippen LogP contribution is 2.28. The van der Waals surface area contributed by atoms with Gasteiger partial charge in [0.1, 0.15) is 5.58 Å². The molecule has 1 aromatic carbocycles. The second kappa shape index (κ2) is 5.35. The maximum atomic E-state index is 12.4. The van der Waals surface area contributed by atoms with Gasteiger partial charge in [0.25, 0.3) is 5.91 Å². The summed E-state index contributed by atoms with van der Waals surface area (Å²) < 4.78 is 5.42. The zero-order chi connectivity index (χ0) is 13.7. The highest BCUT2D eigenvalue weighted by molar-refractivity contribution is 5.98. The highest BCUT2D eigenvalue weighted by Gasteiger charge is 2.39. The predicted molar refractivity (Wildman–Crippen MR) is 84.0 cm³/mol. The number of nitrogens with one attached hydrogen (secondary N) is 2. The molecule has 2 N–H and O–H groups in total. The maximum Gasteiger partial charge on any atom is 0.251 e. The number of hydrogen-bond acceptors (Lipinski definition) is 3. The summed E-state index contributed by atoms with van der Waals surface area (Å²) in [5, 5.41) is 7.73. The monoisotopic (exact) mass is 306 g/mol. The molecule has 1 amide bonds. The van der Waals surface area contributed by atoms with E-state index in [0.29, 0.717) is 17.6 Å². The van der Waals surface area contributed by atoms with Gasteiger partial charge in [-0.05, 0) is 49.9 Å². The van der Waals surface area contributed by atoms with Crippen molar-refractivity contribution in [2.75, 3.05) is 0 Å². The fourth-order valence-corrected chi connectivity index (χ4v) is 3.53. The van der Waals surface area contributed by atoms with Crippen LogP contribution in [0.15, 0.2) is 28.9 Å². The van der Waals surface area contributed by atoms with Gasteiger partial charge in [-0.3, -0.25) is 4.79 Å². The molecule has 2 fully saturated rings. The number of benzene rings is 1. The van der Waals surface area contributed by atoms with E-state index in [1.54, 1.807) is 6.26 Å². The van der Waals surface area contributed by atoms with Crippen molar-refractivity contribution in [3.05, 3.63) is 35.6 Å². The number of hydrogen-bond donors (Lipinski definition) is 2. The van der Waals surface area contributed by atoms with Crippen LogP contribution in [0.3, 0.4) is 0 Å². The summed E-state index contributed by atoms with van der Waals surface area (Å²) in [6, 6.07) is 6.97. The van der Waals surface area contributed by atoms with Crippen LogP contribution in [-0.2, 0) is 0 Å². The molecule has 0 saturated carbocycles. The van der Waals surface area contributed by atoms with Crippen LogP contribution in [0.2, 0.25) is 0 Å². The highest BCUT2D eigenvalue weighted by atomic mass is 35.5. The second-order valence-electron chi connectivity index (χ2n) is 5.99. The summed E-state index contributed by atoms with van der Waals surface area (Å²) in [6.07, 6.45) is 5.21. The Bertz CT molecular complexity index is 682. The van der Waals surface area contributed by atoms with Crippen LogP contribution in [0.25, 0.3) is 11.0 Å². The molecule has 0 aliphatic carbocycles. The number of furan rings is 1. The molecule has 5 heteroatoms. The van der Waals surface area contributed by atoms with Crippen molar-refractivity contribution < 1.29 is 9.21 Å². The molecule has 2 aliphatic rings. The molecule has 0 spiro atoms. The fourth-order valence-electron chi connectivity index (χ4n) is 3.53. The lowest BCUT2D eigenvalue weighted by atomic mass is 9.95. The summed E-state index contributed by atoms with van der Waals surface area (Å²) in [4.78, 5) is 12.4. The molecule has 4 rings (SSSR count). The minimum atomic E-state index is 0. The van der Waals surface area contributed by atoms with E-state index >= 15 is 0 Å². The molecule has 2 aromatic rings. The predicted octanol–water partition coefficient (Wildman–Crippen LogP) is 2.79. The van der Waals surface area contributed by atoms with Gasteiger partial charge in [0, 0.05) is 29.1 Å². The Morgan fingerprint density at radius 1 is 1.38 bits per heavy atom. The number of carbonyl (C=O) groups is 1. The van der Waals surface area contributed by atoms with Gasteiger partial charge in [-0.15, -0.1) is 12.4 Å². The van der Waals surface area contributed by atoms with Gasteiger partial charge >= 0.3 is 0 Å². The number of halogens is 1. The van der Waals surface area contributed by atoms with Crippen molar-refractivity contribution in [1.82, 2.24) is 10.6 Å². The van der Waals surface area contributed by atoms with Crippen LogP contribution in [-0.4, -0.2) is 24.0 Å². The van der Waals surface area contributed by atoms with Gasteiger partial charge in [-0.25, -0.2) is 0 Å². The number of amides is 1. The Hall–Kier alpha value is -1.52. The third-order valence-electron chi connectivity index (χ3n) is 4.65. The van der Waals surface area contributed by atoms with Crippen LogP contribution in [0.4, 0.5) is 0 Å². The summed E-state index contributed by atoms with van der Waals surface area (Å²) >= 11 is 0. The molecule has 2 saturated heterocycles. The number of fused-ring (bicyclic) bond motifs is 3. The molecule has 0 radical (unpaired) electrons. The van der Waals surface area contributed by atoms with Gasteiger partial charge in [-0.2, -0.15) is 0 Å². The van der Waals surface area contributed by atoms with Crippen LogP contribution >= 0.6 is 12.4 Å². The summed E-state index contributed by atoms with van der Waals surface area (Å²) in [5.74, 6) is 0.0202. The molecule has 4 nitrogen and oxygen atoms in total. The topological polar surface area (TPSA) is 54.3 Å². The third-order valence-corrected chi connectivity index (χ3v) is 4.65. The molecular formula is C16H19ClN2O2. The van der Waals surface area contributed by atoms with E-state index < -0.39 is 0 Å². The lowest BCUT2D eigenvalue weighted by Gasteiger charge is -2.21. The molecule has 21 heavy (non-hydrogen) atoms. The van der Waals surface area contributed by atoms with Crippen LogP contribution < -0.4 is 10.6 Å². The largest absolute Gasteiger partial charge is 0.464 e. The van der Waals surface area contributed by atoms with Gasteiger partial charge in [0.05, 0.1) is 6.26 Å². The Kier molecular flexibility index (Phi) is 3.68. The fraction of sp³-hybridized carbons (Fsp3) is 0.438. The van der Waals surface area contributed by atoms with Gasteiger partial charge in [0.2, 0.25) is 0 Å². The van der Waals surface area contributed by atoms with Crippen molar-refractivity contribution in [1.29, 1.82) is 0 Å². The van der Waals surface area contributed by atoms with Crippen LogP contribution in [0, 0.1) is 6.92 Å². The molecule has 3 atom stereocenters. The van der Waals surface area contributed by atoms with Crippen LogP contribution in [0.1, 0.15) is 35.2 Å². The van der Waals surface area contributed by atoms with E-state index in [-0.39, 0.29) is 24.4 Å². The van der Waals surface area contributed by atoms with Crippen molar-refractivity contribution in [2.45, 2.75) is 44.3 Å². The zero-order valence-electron chi connectivity index (χ0n) is 11.9. The van der Waals surface area contributed by atoms with E-state index in [4.69, 9.17) is 4.42 Å². The molecule has 112 valence electrons. The van der Waals surface area contributed by atoms with E-state index in [1.165, 1.54) is 12.8 Å². The Labute approximate surface area is 129 Å². The molecule has 2 aliphatic heterocycles. The standard InChI is InChI=1S/C16H18N2O2.ClH/c1-9-8-20-15-5-2-10(6-12(9)15)16(19)18-14-7-11-3-4-13(14)17-11;/h2,5-6,8,11,13-14,17H,3-4,7H2,1H3,(H,18,19);1H/t11?,13?,14-;/m1./s1. The number of rotatable bonds is 2. The average Bonchev–Trinajstić information content (AvgIpc) is 3.15. The van der Waals surface area contributed by atoms with Crippen molar-refractivity contribution in [3.63, 3.8) is 0 Å². The van der Waals surface area contributed by atoms with Crippen LogP contribution in [0.5, 0.6) is 0 Å². The maximum absolute atomic E-state index is 12.4. The van der Waals surface area contributed by atoms with Gasteiger partial charge in [0.15, 0.2) is 0 Å². The zero-order valence-corrected chi connectivity index (χ0v) is 12.7. The minimum absolute atomic E-state index is 0. The molecule has 3 heterocycles. The smallest absolute Gasteiger partial charge is 0.251 e. The summed E-state index contributed by atoms with van der Waals surface area (Å²) in [6.45, 7) is 1.99. The Balaban J connectivity index is 0.00000132. The normalized spacial score (nSPS) is 26.8. The third kappa shape index (κ3) is 2.43. The van der Waals surface area contributed by atoms with E-state index in [0.717, 1.165) is 23.0 Å². The first kappa shape index (κ1) is 14.4. The molecule has 1 aromatic heterocycles. The summed E-state index contributed by atoms with van der Waals surface area (Å²) in [5.41, 5.74) is 2.61. The van der Waals surface area contributed by atoms with E-state index in [2.05, 4.69) is 10.6 Å². The van der Waals surface area contributed by atoms with Gasteiger partial charge in [-0.1, -0.05) is 0 Å². The Morgan fingerprint density at radius 2 is 2.24 bits per heavy atom. The second-order valence-corrected chi connectivity index (χ2v) is 5.99. The Morgan fingerprint density at radius 3 is 2.95 bits per heavy atom.